The molecule has 1 fully saturated rings. The van der Waals surface area contributed by atoms with Gasteiger partial charge in [-0.2, -0.15) is 5.10 Å². The van der Waals surface area contributed by atoms with Gasteiger partial charge < -0.3 is 5.32 Å². The highest BCUT2D eigenvalue weighted by Gasteiger charge is 2.20. The second-order valence-corrected chi connectivity index (χ2v) is 4.80. The molecule has 0 bridgehead atoms. The van der Waals surface area contributed by atoms with Crippen LogP contribution in [0, 0.1) is 0 Å². The van der Waals surface area contributed by atoms with Crippen LogP contribution in [0.1, 0.15) is 24.6 Å². The molecule has 2 aromatic rings. The van der Waals surface area contributed by atoms with E-state index in [1.165, 1.54) is 0 Å². The molecule has 18 heavy (non-hydrogen) atoms. The Bertz CT molecular complexity index is 453. The number of aromatic amines is 1. The zero-order valence-electron chi connectivity index (χ0n) is 9.63. The molecule has 0 spiro atoms. The fraction of sp³-hybridized carbons (Fsp3) is 0.500. The molecule has 8 heteroatoms. The van der Waals surface area contributed by atoms with E-state index in [1.807, 2.05) is 5.38 Å². The highest BCUT2D eigenvalue weighted by atomic mass is 35.5. The number of hydrogen-bond acceptors (Lipinski definition) is 5. The zero-order chi connectivity index (χ0) is 10.8. The van der Waals surface area contributed by atoms with Crippen molar-refractivity contribution in [2.45, 2.75) is 18.8 Å². The topological polar surface area (TPSA) is 66.5 Å². The molecule has 0 radical (unpaired) electrons. The van der Waals surface area contributed by atoms with Gasteiger partial charge in [0.25, 0.3) is 0 Å². The molecule has 0 aromatic carbocycles. The molecule has 5 nitrogen and oxygen atoms in total. The maximum absolute atomic E-state index is 4.53. The minimum absolute atomic E-state index is 0. The fourth-order valence-electron chi connectivity index (χ4n) is 1.97. The molecular weight excluding hydrogens is 293 g/mol. The summed E-state index contributed by atoms with van der Waals surface area (Å²) < 4.78 is 0. The molecule has 0 saturated carbocycles. The van der Waals surface area contributed by atoms with Crippen LogP contribution in [0.4, 0.5) is 0 Å². The Hall–Kier alpha value is -0.690. The minimum Gasteiger partial charge on any atom is -0.317 e. The van der Waals surface area contributed by atoms with Crippen molar-refractivity contribution >= 4 is 36.2 Å². The zero-order valence-corrected chi connectivity index (χ0v) is 12.1. The Labute approximate surface area is 122 Å². The maximum atomic E-state index is 4.53. The van der Waals surface area contributed by atoms with Gasteiger partial charge in [-0.1, -0.05) is 0 Å². The van der Waals surface area contributed by atoms with Crippen molar-refractivity contribution in [3.63, 3.8) is 0 Å². The van der Waals surface area contributed by atoms with Crippen LogP contribution < -0.4 is 5.32 Å². The van der Waals surface area contributed by atoms with Gasteiger partial charge in [0.05, 0.1) is 0 Å². The van der Waals surface area contributed by atoms with E-state index in [9.17, 15) is 0 Å². The van der Waals surface area contributed by atoms with E-state index in [-0.39, 0.29) is 24.8 Å². The molecule has 1 aliphatic heterocycles. The number of thiazole rings is 1. The summed E-state index contributed by atoms with van der Waals surface area (Å²) in [5, 5.41) is 13.5. The van der Waals surface area contributed by atoms with Crippen LogP contribution in [0.15, 0.2) is 11.6 Å². The van der Waals surface area contributed by atoms with Gasteiger partial charge in [-0.3, -0.25) is 5.10 Å². The summed E-state index contributed by atoms with van der Waals surface area (Å²) in [5.74, 6) is 2.22. The molecule has 0 aliphatic carbocycles. The van der Waals surface area contributed by atoms with Gasteiger partial charge in [0.1, 0.15) is 0 Å². The lowest BCUT2D eigenvalue weighted by Crippen LogP contribution is -2.27. The third kappa shape index (κ3) is 3.20. The Morgan fingerprint density at radius 1 is 1.22 bits per heavy atom. The first kappa shape index (κ1) is 15.4. The molecule has 3 heterocycles. The molecule has 0 amide bonds. The first-order chi connectivity index (χ1) is 7.93. The Balaban J connectivity index is 0.000000810. The SMILES string of the molecule is Cl.Cl.c1csc(-c2nc(C3CCNCC3)n[nH]2)n1. The summed E-state index contributed by atoms with van der Waals surface area (Å²) in [6.45, 7) is 2.12. The van der Waals surface area contributed by atoms with Crippen molar-refractivity contribution in [2.75, 3.05) is 13.1 Å². The van der Waals surface area contributed by atoms with Crippen molar-refractivity contribution in [1.82, 2.24) is 25.5 Å². The number of hydrogen-bond donors (Lipinski definition) is 2. The lowest BCUT2D eigenvalue weighted by molar-refractivity contribution is 0.446. The molecule has 0 atom stereocenters. The number of nitrogens with zero attached hydrogens (tertiary/aromatic N) is 3. The van der Waals surface area contributed by atoms with Gasteiger partial charge in [-0.25, -0.2) is 9.97 Å². The average molecular weight is 308 g/mol. The van der Waals surface area contributed by atoms with Gasteiger partial charge in [0.2, 0.25) is 0 Å². The monoisotopic (exact) mass is 307 g/mol. The predicted octanol–water partition coefficient (Wildman–Crippen LogP) is 2.24. The molecule has 1 aliphatic rings. The molecule has 2 N–H and O–H groups in total. The number of H-pyrrole nitrogens is 1. The number of halogens is 2. The van der Waals surface area contributed by atoms with Crippen LogP contribution in [0.25, 0.3) is 10.8 Å². The van der Waals surface area contributed by atoms with Gasteiger partial charge >= 0.3 is 0 Å². The number of nitrogens with one attached hydrogen (secondary N) is 2. The summed E-state index contributed by atoms with van der Waals surface area (Å²) in [4.78, 5) is 8.75. The quantitative estimate of drug-likeness (QED) is 0.893. The van der Waals surface area contributed by atoms with Crippen molar-refractivity contribution < 1.29 is 0 Å². The first-order valence-corrected chi connectivity index (χ1v) is 6.34. The van der Waals surface area contributed by atoms with Crippen molar-refractivity contribution in [1.29, 1.82) is 0 Å². The van der Waals surface area contributed by atoms with E-state index < -0.39 is 0 Å². The lowest BCUT2D eigenvalue weighted by atomic mass is 9.98. The Morgan fingerprint density at radius 2 is 2.00 bits per heavy atom. The summed E-state index contributed by atoms with van der Waals surface area (Å²) in [7, 11) is 0. The third-order valence-corrected chi connectivity index (χ3v) is 3.62. The molecule has 2 aromatic heterocycles. The third-order valence-electron chi connectivity index (χ3n) is 2.84. The number of aromatic nitrogens is 4. The van der Waals surface area contributed by atoms with Crippen LogP contribution in [0.5, 0.6) is 0 Å². The van der Waals surface area contributed by atoms with Gasteiger partial charge in [-0.05, 0) is 25.9 Å². The fourth-order valence-corrected chi connectivity index (χ4v) is 2.55. The molecule has 100 valence electrons. The van der Waals surface area contributed by atoms with Crippen LogP contribution in [-0.2, 0) is 0 Å². The van der Waals surface area contributed by atoms with Crippen LogP contribution in [0.2, 0.25) is 0 Å². The smallest absolute Gasteiger partial charge is 0.184 e. The van der Waals surface area contributed by atoms with E-state index >= 15 is 0 Å². The van der Waals surface area contributed by atoms with E-state index in [0.717, 1.165) is 42.6 Å². The van der Waals surface area contributed by atoms with E-state index in [0.29, 0.717) is 5.92 Å². The van der Waals surface area contributed by atoms with Crippen molar-refractivity contribution in [3.05, 3.63) is 17.4 Å². The maximum Gasteiger partial charge on any atom is 0.184 e. The van der Waals surface area contributed by atoms with Crippen molar-refractivity contribution in [2.24, 2.45) is 0 Å². The van der Waals surface area contributed by atoms with Gasteiger partial charge in [0, 0.05) is 17.5 Å². The normalized spacial score (nSPS) is 15.8. The summed E-state index contributed by atoms with van der Waals surface area (Å²) in [6.07, 6.45) is 4.02. The number of piperidine rings is 1. The van der Waals surface area contributed by atoms with Crippen LogP contribution >= 0.6 is 36.2 Å². The largest absolute Gasteiger partial charge is 0.317 e. The van der Waals surface area contributed by atoms with Gasteiger partial charge in [-0.15, -0.1) is 36.2 Å². The van der Waals surface area contributed by atoms with Crippen molar-refractivity contribution in [3.8, 4) is 10.8 Å². The second kappa shape index (κ2) is 7.04. The van der Waals surface area contributed by atoms with E-state index in [2.05, 4.69) is 25.5 Å². The second-order valence-electron chi connectivity index (χ2n) is 3.90. The van der Waals surface area contributed by atoms with E-state index in [4.69, 9.17) is 0 Å². The Kier molecular flexibility index (Phi) is 6.01. The molecule has 1 saturated heterocycles. The standard InChI is InChI=1S/C10H13N5S.2ClH/c1-3-11-4-2-7(1)8-13-9(15-14-8)10-12-5-6-16-10;;/h5-7,11H,1-4H2,(H,13,14,15);2*1H. The predicted molar refractivity (Wildman–Crippen MR) is 76.8 cm³/mol. The summed E-state index contributed by atoms with van der Waals surface area (Å²) in [5.41, 5.74) is 0. The highest BCUT2D eigenvalue weighted by molar-refractivity contribution is 7.12. The number of rotatable bonds is 2. The van der Waals surface area contributed by atoms with Crippen LogP contribution in [0.3, 0.4) is 0 Å². The van der Waals surface area contributed by atoms with E-state index in [1.54, 1.807) is 17.5 Å². The van der Waals surface area contributed by atoms with Gasteiger partial charge in [0.15, 0.2) is 16.7 Å². The summed E-state index contributed by atoms with van der Waals surface area (Å²) in [6, 6.07) is 0. The molecular formula is C10H15Cl2N5S. The lowest BCUT2D eigenvalue weighted by Gasteiger charge is -2.19. The summed E-state index contributed by atoms with van der Waals surface area (Å²) >= 11 is 1.58. The minimum atomic E-state index is 0. The average Bonchev–Trinajstić information content (AvgIpc) is 3.01. The van der Waals surface area contributed by atoms with Crippen LogP contribution in [-0.4, -0.2) is 33.3 Å². The first-order valence-electron chi connectivity index (χ1n) is 5.46. The Morgan fingerprint density at radius 3 is 2.67 bits per heavy atom. The highest BCUT2D eigenvalue weighted by Crippen LogP contribution is 2.24. The molecule has 0 unspecified atom stereocenters. The molecule has 3 rings (SSSR count).